The van der Waals surface area contributed by atoms with Crippen LogP contribution in [0.4, 0.5) is 5.69 Å². The molecule has 2 aromatic rings. The van der Waals surface area contributed by atoms with Crippen molar-refractivity contribution in [2.24, 2.45) is 0 Å². The van der Waals surface area contributed by atoms with Gasteiger partial charge in [0.1, 0.15) is 0 Å². The Morgan fingerprint density at radius 1 is 0.962 bits per heavy atom. The van der Waals surface area contributed by atoms with E-state index in [2.05, 4.69) is 5.32 Å². The normalized spacial score (nSPS) is 14.5. The Bertz CT molecular complexity index is 804. The molecule has 0 bridgehead atoms. The van der Waals surface area contributed by atoms with Gasteiger partial charge < -0.3 is 10.2 Å². The highest BCUT2D eigenvalue weighted by Crippen LogP contribution is 2.11. The van der Waals surface area contributed by atoms with E-state index >= 15 is 0 Å². The zero-order valence-corrected chi connectivity index (χ0v) is 14.4. The van der Waals surface area contributed by atoms with Crippen LogP contribution >= 0.6 is 0 Å². The molecular formula is C20H20N4O2. The van der Waals surface area contributed by atoms with E-state index in [1.165, 1.54) is 0 Å². The molecule has 0 radical (unpaired) electrons. The Kier molecular flexibility index (Phi) is 5.62. The second-order valence-electron chi connectivity index (χ2n) is 6.17. The van der Waals surface area contributed by atoms with E-state index in [1.54, 1.807) is 24.3 Å². The summed E-state index contributed by atoms with van der Waals surface area (Å²) in [6.07, 6.45) is 0. The molecule has 1 fully saturated rings. The minimum absolute atomic E-state index is 0.0345. The van der Waals surface area contributed by atoms with Gasteiger partial charge in [0.05, 0.1) is 18.2 Å². The highest BCUT2D eigenvalue weighted by atomic mass is 16.2. The van der Waals surface area contributed by atoms with Crippen molar-refractivity contribution in [3.63, 3.8) is 0 Å². The molecule has 0 aromatic heterocycles. The summed E-state index contributed by atoms with van der Waals surface area (Å²) < 4.78 is 0. The Morgan fingerprint density at radius 3 is 2.23 bits per heavy atom. The number of anilines is 1. The quantitative estimate of drug-likeness (QED) is 0.916. The third kappa shape index (κ3) is 4.47. The Hall–Kier alpha value is -3.17. The summed E-state index contributed by atoms with van der Waals surface area (Å²) in [6.45, 7) is 2.84. The number of benzene rings is 2. The molecule has 132 valence electrons. The first kappa shape index (κ1) is 17.6. The summed E-state index contributed by atoms with van der Waals surface area (Å²) in [7, 11) is 0. The second-order valence-corrected chi connectivity index (χ2v) is 6.17. The van der Waals surface area contributed by atoms with Crippen LogP contribution in [0.1, 0.15) is 15.9 Å². The molecule has 0 aliphatic carbocycles. The van der Waals surface area contributed by atoms with Gasteiger partial charge in [-0.05, 0) is 36.4 Å². The van der Waals surface area contributed by atoms with Gasteiger partial charge in [0.15, 0.2) is 0 Å². The van der Waals surface area contributed by atoms with Gasteiger partial charge in [0.2, 0.25) is 5.91 Å². The fourth-order valence-electron chi connectivity index (χ4n) is 2.90. The lowest BCUT2D eigenvalue weighted by Gasteiger charge is -2.34. The van der Waals surface area contributed by atoms with Crippen LogP contribution in [-0.2, 0) is 4.79 Å². The van der Waals surface area contributed by atoms with Crippen molar-refractivity contribution < 1.29 is 9.59 Å². The summed E-state index contributed by atoms with van der Waals surface area (Å²) in [5.74, 6) is -0.0650. The molecule has 1 heterocycles. The van der Waals surface area contributed by atoms with Gasteiger partial charge >= 0.3 is 0 Å². The van der Waals surface area contributed by atoms with E-state index in [0.717, 1.165) is 0 Å². The van der Waals surface area contributed by atoms with E-state index in [4.69, 9.17) is 5.26 Å². The number of rotatable bonds is 4. The molecule has 2 amide bonds. The van der Waals surface area contributed by atoms with E-state index in [9.17, 15) is 9.59 Å². The topological polar surface area (TPSA) is 76.4 Å². The second kappa shape index (κ2) is 8.28. The highest BCUT2D eigenvalue weighted by Gasteiger charge is 2.23. The monoisotopic (exact) mass is 348 g/mol. The van der Waals surface area contributed by atoms with Crippen molar-refractivity contribution in [1.29, 1.82) is 5.26 Å². The first-order chi connectivity index (χ1) is 12.7. The van der Waals surface area contributed by atoms with Crippen LogP contribution in [0, 0.1) is 11.3 Å². The van der Waals surface area contributed by atoms with Crippen molar-refractivity contribution in [2.75, 3.05) is 38.0 Å². The Balaban J connectivity index is 1.47. The third-order valence-electron chi connectivity index (χ3n) is 4.35. The lowest BCUT2D eigenvalue weighted by Crippen LogP contribution is -2.50. The molecule has 0 unspecified atom stereocenters. The van der Waals surface area contributed by atoms with Gasteiger partial charge in [-0.25, -0.2) is 0 Å². The number of carbonyl (C=O) groups excluding carboxylic acids is 2. The minimum Gasteiger partial charge on any atom is -0.336 e. The highest BCUT2D eigenvalue weighted by molar-refractivity contribution is 5.94. The number of carbonyl (C=O) groups is 2. The van der Waals surface area contributed by atoms with Crippen LogP contribution in [0.25, 0.3) is 0 Å². The number of nitriles is 1. The van der Waals surface area contributed by atoms with Crippen LogP contribution < -0.4 is 5.32 Å². The number of piperazine rings is 1. The number of nitrogens with zero attached hydrogens (tertiary/aromatic N) is 3. The minimum atomic E-state index is -0.0995. The van der Waals surface area contributed by atoms with Gasteiger partial charge in [-0.2, -0.15) is 5.26 Å². The van der Waals surface area contributed by atoms with Gasteiger partial charge in [-0.3, -0.25) is 14.5 Å². The standard InChI is InChI=1S/C20H20N4O2/c21-14-16-6-8-18(9-7-16)22-19(25)15-23-10-12-24(13-11-23)20(26)17-4-2-1-3-5-17/h1-9H,10-13,15H2,(H,22,25). The lowest BCUT2D eigenvalue weighted by atomic mass is 10.2. The summed E-state index contributed by atoms with van der Waals surface area (Å²) in [6, 6.07) is 18.1. The van der Waals surface area contributed by atoms with Gasteiger partial charge in [0, 0.05) is 37.4 Å². The molecule has 0 spiro atoms. The van der Waals surface area contributed by atoms with Crippen molar-refractivity contribution >= 4 is 17.5 Å². The van der Waals surface area contributed by atoms with Crippen molar-refractivity contribution in [2.45, 2.75) is 0 Å². The number of amides is 2. The molecular weight excluding hydrogens is 328 g/mol. The predicted octanol–water partition coefficient (Wildman–Crippen LogP) is 1.95. The number of hydrogen-bond acceptors (Lipinski definition) is 4. The smallest absolute Gasteiger partial charge is 0.253 e. The summed E-state index contributed by atoms with van der Waals surface area (Å²) in [5.41, 5.74) is 1.92. The first-order valence-corrected chi connectivity index (χ1v) is 8.52. The third-order valence-corrected chi connectivity index (χ3v) is 4.35. The molecule has 1 aliphatic rings. The van der Waals surface area contributed by atoms with Crippen LogP contribution in [0.5, 0.6) is 0 Å². The van der Waals surface area contributed by atoms with E-state index < -0.39 is 0 Å². The number of nitrogens with one attached hydrogen (secondary N) is 1. The van der Waals surface area contributed by atoms with E-state index in [0.29, 0.717) is 43.0 Å². The molecule has 3 rings (SSSR count). The van der Waals surface area contributed by atoms with Crippen molar-refractivity contribution in [3.05, 3.63) is 65.7 Å². The SMILES string of the molecule is N#Cc1ccc(NC(=O)CN2CCN(C(=O)c3ccccc3)CC2)cc1. The fraction of sp³-hybridized carbons (Fsp3) is 0.250. The predicted molar refractivity (Wildman–Crippen MR) is 98.6 cm³/mol. The molecule has 1 aliphatic heterocycles. The van der Waals surface area contributed by atoms with Gasteiger partial charge in [0.25, 0.3) is 5.91 Å². The molecule has 6 heteroatoms. The summed E-state index contributed by atoms with van der Waals surface area (Å²) >= 11 is 0. The van der Waals surface area contributed by atoms with Gasteiger partial charge in [-0.15, -0.1) is 0 Å². The zero-order chi connectivity index (χ0) is 18.4. The van der Waals surface area contributed by atoms with Crippen molar-refractivity contribution in [1.82, 2.24) is 9.80 Å². The van der Waals surface area contributed by atoms with Crippen molar-refractivity contribution in [3.8, 4) is 6.07 Å². The molecule has 0 saturated carbocycles. The first-order valence-electron chi connectivity index (χ1n) is 8.52. The zero-order valence-electron chi connectivity index (χ0n) is 14.4. The molecule has 6 nitrogen and oxygen atoms in total. The molecule has 2 aromatic carbocycles. The average molecular weight is 348 g/mol. The molecule has 1 saturated heterocycles. The lowest BCUT2D eigenvalue weighted by molar-refractivity contribution is -0.117. The van der Waals surface area contributed by atoms with E-state index in [-0.39, 0.29) is 18.4 Å². The summed E-state index contributed by atoms with van der Waals surface area (Å²) in [5, 5.41) is 11.6. The number of hydrogen-bond donors (Lipinski definition) is 1. The fourth-order valence-corrected chi connectivity index (χ4v) is 2.90. The molecule has 0 atom stereocenters. The summed E-state index contributed by atoms with van der Waals surface area (Å²) in [4.78, 5) is 28.5. The largest absolute Gasteiger partial charge is 0.336 e. The van der Waals surface area contributed by atoms with Crippen LogP contribution in [0.15, 0.2) is 54.6 Å². The van der Waals surface area contributed by atoms with E-state index in [1.807, 2.05) is 46.2 Å². The van der Waals surface area contributed by atoms with Crippen LogP contribution in [0.3, 0.4) is 0 Å². The Labute approximate surface area is 152 Å². The average Bonchev–Trinajstić information content (AvgIpc) is 2.69. The van der Waals surface area contributed by atoms with Crippen LogP contribution in [-0.4, -0.2) is 54.3 Å². The molecule has 26 heavy (non-hydrogen) atoms. The maximum absolute atomic E-state index is 12.4. The van der Waals surface area contributed by atoms with Crippen LogP contribution in [0.2, 0.25) is 0 Å². The molecule has 1 N–H and O–H groups in total. The Morgan fingerprint density at radius 2 is 1.62 bits per heavy atom. The maximum atomic E-state index is 12.4. The van der Waals surface area contributed by atoms with Gasteiger partial charge in [-0.1, -0.05) is 18.2 Å². The maximum Gasteiger partial charge on any atom is 0.253 e.